The molecule has 21 heavy (non-hydrogen) atoms. The standard InChI is InChI=1S/C14H16N6S/c1-9-6-21-14-11(9)13(15-7-16-14)20-5-3-4-10(20)12-18-17-8-19(12)2/h6-8,10H,3-5H2,1-2H3. The Morgan fingerprint density at radius 2 is 2.24 bits per heavy atom. The van der Waals surface area contributed by atoms with E-state index in [-0.39, 0.29) is 6.04 Å². The summed E-state index contributed by atoms with van der Waals surface area (Å²) in [6.45, 7) is 3.12. The highest BCUT2D eigenvalue weighted by Gasteiger charge is 2.31. The average Bonchev–Trinajstić information content (AvgIpc) is 3.19. The zero-order chi connectivity index (χ0) is 14.4. The van der Waals surface area contributed by atoms with Gasteiger partial charge in [0, 0.05) is 13.6 Å². The summed E-state index contributed by atoms with van der Waals surface area (Å²) < 4.78 is 2.00. The number of thiophene rings is 1. The number of aromatic nitrogens is 5. The molecule has 0 spiro atoms. The van der Waals surface area contributed by atoms with E-state index in [0.717, 1.165) is 35.9 Å². The van der Waals surface area contributed by atoms with E-state index < -0.39 is 0 Å². The Kier molecular flexibility index (Phi) is 2.88. The first kappa shape index (κ1) is 12.7. The van der Waals surface area contributed by atoms with Crippen LogP contribution >= 0.6 is 11.3 Å². The van der Waals surface area contributed by atoms with Gasteiger partial charge in [0.2, 0.25) is 0 Å². The number of aryl methyl sites for hydroxylation is 2. The van der Waals surface area contributed by atoms with Crippen molar-refractivity contribution in [3.8, 4) is 0 Å². The molecule has 0 amide bonds. The van der Waals surface area contributed by atoms with Crippen molar-refractivity contribution in [3.05, 3.63) is 29.4 Å². The lowest BCUT2D eigenvalue weighted by Crippen LogP contribution is -2.26. The fourth-order valence-corrected chi connectivity index (χ4v) is 3.98. The molecule has 1 fully saturated rings. The van der Waals surface area contributed by atoms with Gasteiger partial charge in [-0.25, -0.2) is 9.97 Å². The summed E-state index contributed by atoms with van der Waals surface area (Å²) >= 11 is 1.68. The quantitative estimate of drug-likeness (QED) is 0.727. The molecule has 0 radical (unpaired) electrons. The fourth-order valence-electron chi connectivity index (χ4n) is 3.10. The topological polar surface area (TPSA) is 59.7 Å². The SMILES string of the molecule is Cc1csc2ncnc(N3CCCC3c3nncn3C)c12. The van der Waals surface area contributed by atoms with Gasteiger partial charge < -0.3 is 9.47 Å². The van der Waals surface area contributed by atoms with E-state index in [0.29, 0.717) is 0 Å². The fraction of sp³-hybridized carbons (Fsp3) is 0.429. The van der Waals surface area contributed by atoms with E-state index >= 15 is 0 Å². The van der Waals surface area contributed by atoms with Gasteiger partial charge in [-0.2, -0.15) is 0 Å². The summed E-state index contributed by atoms with van der Waals surface area (Å²) in [4.78, 5) is 12.4. The van der Waals surface area contributed by atoms with Gasteiger partial charge >= 0.3 is 0 Å². The molecule has 4 rings (SSSR count). The van der Waals surface area contributed by atoms with E-state index in [9.17, 15) is 0 Å². The van der Waals surface area contributed by atoms with Gasteiger partial charge in [0.25, 0.3) is 0 Å². The van der Waals surface area contributed by atoms with Crippen molar-refractivity contribution in [2.24, 2.45) is 7.05 Å². The Morgan fingerprint density at radius 1 is 1.33 bits per heavy atom. The Labute approximate surface area is 126 Å². The van der Waals surface area contributed by atoms with E-state index in [4.69, 9.17) is 0 Å². The number of fused-ring (bicyclic) bond motifs is 1. The van der Waals surface area contributed by atoms with Crippen molar-refractivity contribution in [2.45, 2.75) is 25.8 Å². The van der Waals surface area contributed by atoms with Crippen LogP contribution in [0.4, 0.5) is 5.82 Å². The molecule has 6 nitrogen and oxygen atoms in total. The van der Waals surface area contributed by atoms with Crippen LogP contribution in [0.5, 0.6) is 0 Å². The molecule has 4 heterocycles. The summed E-state index contributed by atoms with van der Waals surface area (Å²) in [6, 6.07) is 0.245. The Morgan fingerprint density at radius 3 is 3.05 bits per heavy atom. The number of anilines is 1. The lowest BCUT2D eigenvalue weighted by molar-refractivity contribution is 0.626. The molecule has 1 aliphatic rings. The Balaban J connectivity index is 1.84. The summed E-state index contributed by atoms with van der Waals surface area (Å²) in [5.74, 6) is 2.04. The maximum atomic E-state index is 4.58. The number of rotatable bonds is 2. The second-order valence-electron chi connectivity index (χ2n) is 5.45. The van der Waals surface area contributed by atoms with Crippen LogP contribution < -0.4 is 4.90 Å². The van der Waals surface area contributed by atoms with Crippen LogP contribution in [0.25, 0.3) is 10.2 Å². The third-order valence-corrected chi connectivity index (χ3v) is 5.11. The van der Waals surface area contributed by atoms with E-state index in [1.165, 1.54) is 10.9 Å². The highest BCUT2D eigenvalue weighted by molar-refractivity contribution is 7.17. The van der Waals surface area contributed by atoms with Crippen LogP contribution in [0.1, 0.15) is 30.3 Å². The van der Waals surface area contributed by atoms with Gasteiger partial charge in [0.05, 0.1) is 11.4 Å². The second kappa shape index (κ2) is 4.77. The normalized spacial score (nSPS) is 18.8. The zero-order valence-corrected chi connectivity index (χ0v) is 12.8. The molecule has 0 saturated carbocycles. The van der Waals surface area contributed by atoms with Gasteiger partial charge in [-0.3, -0.25) is 0 Å². The molecule has 1 aliphatic heterocycles. The number of nitrogens with zero attached hydrogens (tertiary/aromatic N) is 6. The summed E-state index contributed by atoms with van der Waals surface area (Å²) in [5.41, 5.74) is 1.24. The molecule has 1 atom stereocenters. The zero-order valence-electron chi connectivity index (χ0n) is 12.0. The molecular formula is C14H16N6S. The molecule has 0 N–H and O–H groups in total. The van der Waals surface area contributed by atoms with Crippen molar-refractivity contribution in [1.82, 2.24) is 24.7 Å². The number of hydrogen-bond donors (Lipinski definition) is 0. The van der Waals surface area contributed by atoms with E-state index in [1.54, 1.807) is 24.0 Å². The average molecular weight is 300 g/mol. The van der Waals surface area contributed by atoms with Crippen LogP contribution in [-0.2, 0) is 7.05 Å². The van der Waals surface area contributed by atoms with Crippen molar-refractivity contribution < 1.29 is 0 Å². The van der Waals surface area contributed by atoms with Crippen LogP contribution in [0.15, 0.2) is 18.0 Å². The van der Waals surface area contributed by atoms with Crippen LogP contribution in [0.3, 0.4) is 0 Å². The van der Waals surface area contributed by atoms with Gasteiger partial charge in [0.15, 0.2) is 5.82 Å². The summed E-state index contributed by atoms with van der Waals surface area (Å²) in [5, 5.41) is 11.6. The second-order valence-corrected chi connectivity index (χ2v) is 6.31. The van der Waals surface area contributed by atoms with Gasteiger partial charge in [-0.1, -0.05) is 0 Å². The molecule has 3 aromatic rings. The summed E-state index contributed by atoms with van der Waals surface area (Å²) in [7, 11) is 2.00. The van der Waals surface area contributed by atoms with Gasteiger partial charge in [-0.05, 0) is 30.7 Å². The lowest BCUT2D eigenvalue weighted by Gasteiger charge is -2.25. The molecule has 108 valence electrons. The minimum atomic E-state index is 0.245. The highest BCUT2D eigenvalue weighted by Crippen LogP contribution is 2.39. The van der Waals surface area contributed by atoms with Crippen molar-refractivity contribution in [3.63, 3.8) is 0 Å². The minimum absolute atomic E-state index is 0.245. The molecule has 1 saturated heterocycles. The Bertz CT molecular complexity index is 792. The molecule has 7 heteroatoms. The minimum Gasteiger partial charge on any atom is -0.346 e. The number of hydrogen-bond acceptors (Lipinski definition) is 6. The largest absolute Gasteiger partial charge is 0.346 e. The van der Waals surface area contributed by atoms with Crippen LogP contribution in [-0.4, -0.2) is 31.3 Å². The third-order valence-electron chi connectivity index (χ3n) is 4.10. The molecule has 0 aliphatic carbocycles. The van der Waals surface area contributed by atoms with Crippen LogP contribution in [0.2, 0.25) is 0 Å². The molecule has 3 aromatic heterocycles. The monoisotopic (exact) mass is 300 g/mol. The molecule has 0 bridgehead atoms. The van der Waals surface area contributed by atoms with Gasteiger partial charge in [-0.15, -0.1) is 21.5 Å². The maximum absolute atomic E-state index is 4.58. The van der Waals surface area contributed by atoms with Gasteiger partial charge in [0.1, 0.15) is 23.3 Å². The van der Waals surface area contributed by atoms with Crippen LogP contribution in [0, 0.1) is 6.92 Å². The van der Waals surface area contributed by atoms with Crippen molar-refractivity contribution >= 4 is 27.4 Å². The van der Waals surface area contributed by atoms with E-state index in [2.05, 4.69) is 37.4 Å². The maximum Gasteiger partial charge on any atom is 0.155 e. The Hall–Kier alpha value is -2.02. The summed E-state index contributed by atoms with van der Waals surface area (Å²) in [6.07, 6.45) is 5.66. The van der Waals surface area contributed by atoms with Crippen molar-refractivity contribution in [1.29, 1.82) is 0 Å². The first-order chi connectivity index (χ1) is 10.3. The third kappa shape index (κ3) is 1.91. The molecule has 0 aromatic carbocycles. The lowest BCUT2D eigenvalue weighted by atomic mass is 10.2. The molecule has 1 unspecified atom stereocenters. The first-order valence-electron chi connectivity index (χ1n) is 7.05. The molecular weight excluding hydrogens is 284 g/mol. The van der Waals surface area contributed by atoms with E-state index in [1.807, 2.05) is 11.6 Å². The highest BCUT2D eigenvalue weighted by atomic mass is 32.1. The predicted molar refractivity (Wildman–Crippen MR) is 82.5 cm³/mol. The van der Waals surface area contributed by atoms with Crippen molar-refractivity contribution in [2.75, 3.05) is 11.4 Å². The predicted octanol–water partition coefficient (Wildman–Crippen LogP) is 2.47. The first-order valence-corrected chi connectivity index (χ1v) is 7.93. The smallest absolute Gasteiger partial charge is 0.155 e.